The molecular formula is C16H13NO. The van der Waals surface area contributed by atoms with E-state index >= 15 is 0 Å². The van der Waals surface area contributed by atoms with Gasteiger partial charge in [0.15, 0.2) is 0 Å². The van der Waals surface area contributed by atoms with Crippen molar-refractivity contribution in [3.63, 3.8) is 0 Å². The molecule has 0 aromatic heterocycles. The molecule has 0 bridgehead atoms. The fraction of sp³-hybridized carbons (Fsp3) is 0.0625. The molecule has 2 heteroatoms. The second kappa shape index (κ2) is 6.27. The van der Waals surface area contributed by atoms with Crippen molar-refractivity contribution in [1.29, 1.82) is 0 Å². The van der Waals surface area contributed by atoms with Crippen molar-refractivity contribution >= 4 is 5.91 Å². The minimum atomic E-state index is -0.0929. The van der Waals surface area contributed by atoms with E-state index < -0.39 is 0 Å². The number of carbonyl (C=O) groups excluding carboxylic acids is 1. The van der Waals surface area contributed by atoms with Crippen LogP contribution in [0.2, 0.25) is 0 Å². The largest absolute Gasteiger partial charge is 0.285 e. The normalized spacial score (nSPS) is 9.11. The third kappa shape index (κ3) is 3.80. The van der Waals surface area contributed by atoms with Crippen molar-refractivity contribution in [3.8, 4) is 12.0 Å². The van der Waals surface area contributed by atoms with Gasteiger partial charge in [-0.25, -0.2) is 0 Å². The number of rotatable bonds is 2. The highest BCUT2D eigenvalue weighted by atomic mass is 16.1. The van der Waals surface area contributed by atoms with E-state index in [4.69, 9.17) is 0 Å². The summed E-state index contributed by atoms with van der Waals surface area (Å²) in [6, 6.07) is 21.8. The Morgan fingerprint density at radius 2 is 1.56 bits per heavy atom. The standard InChI is InChI=1S/C16H13NO/c18-16(13-15-9-5-2-6-10-15)17-12-11-14-7-3-1-4-8-14/h1-10H,13H2,(H,17,18). The maximum atomic E-state index is 11.6. The fourth-order valence-corrected chi connectivity index (χ4v) is 1.52. The topological polar surface area (TPSA) is 29.1 Å². The lowest BCUT2D eigenvalue weighted by molar-refractivity contribution is -0.119. The first-order valence-corrected chi connectivity index (χ1v) is 5.73. The zero-order valence-corrected chi connectivity index (χ0v) is 9.89. The predicted octanol–water partition coefficient (Wildman–Crippen LogP) is 2.35. The predicted molar refractivity (Wildman–Crippen MR) is 71.6 cm³/mol. The lowest BCUT2D eigenvalue weighted by Crippen LogP contribution is -2.19. The SMILES string of the molecule is O=C(Cc1ccccc1)NC#Cc1ccccc1. The van der Waals surface area contributed by atoms with E-state index in [-0.39, 0.29) is 5.91 Å². The first-order valence-electron chi connectivity index (χ1n) is 5.73. The molecule has 0 aliphatic carbocycles. The van der Waals surface area contributed by atoms with Crippen LogP contribution in [0.15, 0.2) is 60.7 Å². The molecule has 2 rings (SSSR count). The van der Waals surface area contributed by atoms with E-state index in [2.05, 4.69) is 17.3 Å². The van der Waals surface area contributed by atoms with Crippen LogP contribution in [0.5, 0.6) is 0 Å². The zero-order valence-electron chi connectivity index (χ0n) is 9.89. The molecule has 0 saturated carbocycles. The van der Waals surface area contributed by atoms with Crippen LogP contribution < -0.4 is 5.32 Å². The fourth-order valence-electron chi connectivity index (χ4n) is 1.52. The van der Waals surface area contributed by atoms with Gasteiger partial charge in [-0.2, -0.15) is 0 Å². The summed E-state index contributed by atoms with van der Waals surface area (Å²) in [5, 5.41) is 2.58. The first kappa shape index (κ1) is 11.9. The van der Waals surface area contributed by atoms with Gasteiger partial charge in [-0.15, -0.1) is 0 Å². The number of benzene rings is 2. The highest BCUT2D eigenvalue weighted by molar-refractivity contribution is 5.80. The number of carbonyl (C=O) groups is 1. The van der Waals surface area contributed by atoms with Crippen LogP contribution in [0.1, 0.15) is 11.1 Å². The smallest absolute Gasteiger partial charge is 0.235 e. The van der Waals surface area contributed by atoms with Gasteiger partial charge in [0.2, 0.25) is 5.91 Å². The Balaban J connectivity index is 1.88. The van der Waals surface area contributed by atoms with Crippen LogP contribution in [0.25, 0.3) is 0 Å². The van der Waals surface area contributed by atoms with Crippen molar-refractivity contribution in [2.75, 3.05) is 0 Å². The summed E-state index contributed by atoms with van der Waals surface area (Å²) in [6.45, 7) is 0. The van der Waals surface area contributed by atoms with Crippen molar-refractivity contribution in [2.24, 2.45) is 0 Å². The maximum absolute atomic E-state index is 11.6. The molecule has 1 amide bonds. The van der Waals surface area contributed by atoms with Gasteiger partial charge in [0.05, 0.1) is 6.42 Å². The summed E-state index contributed by atoms with van der Waals surface area (Å²) in [5.41, 5.74) is 1.87. The average molecular weight is 235 g/mol. The first-order chi connectivity index (χ1) is 8.84. The van der Waals surface area contributed by atoms with Gasteiger partial charge in [0.1, 0.15) is 0 Å². The van der Waals surface area contributed by atoms with Crippen LogP contribution in [-0.4, -0.2) is 5.91 Å². The monoisotopic (exact) mass is 235 g/mol. The number of hydrogen-bond donors (Lipinski definition) is 1. The van der Waals surface area contributed by atoms with Crippen molar-refractivity contribution in [3.05, 3.63) is 71.8 Å². The Bertz CT molecular complexity index is 564. The Morgan fingerprint density at radius 3 is 2.22 bits per heavy atom. The van der Waals surface area contributed by atoms with Crippen LogP contribution >= 0.6 is 0 Å². The zero-order chi connectivity index (χ0) is 12.6. The van der Waals surface area contributed by atoms with E-state index in [9.17, 15) is 4.79 Å². The van der Waals surface area contributed by atoms with E-state index in [1.807, 2.05) is 60.7 Å². The van der Waals surface area contributed by atoms with Gasteiger partial charge in [-0.1, -0.05) is 48.5 Å². The molecule has 2 aromatic rings. The van der Waals surface area contributed by atoms with Gasteiger partial charge < -0.3 is 0 Å². The van der Waals surface area contributed by atoms with E-state index in [1.165, 1.54) is 0 Å². The molecule has 0 radical (unpaired) electrons. The van der Waals surface area contributed by atoms with Gasteiger partial charge in [-0.3, -0.25) is 10.1 Å². The molecule has 0 saturated heterocycles. The summed E-state index contributed by atoms with van der Waals surface area (Å²) < 4.78 is 0. The quantitative estimate of drug-likeness (QED) is 0.628. The second-order valence-corrected chi connectivity index (χ2v) is 3.83. The third-order valence-corrected chi connectivity index (χ3v) is 2.39. The Morgan fingerprint density at radius 1 is 0.944 bits per heavy atom. The molecule has 0 aliphatic rings. The maximum Gasteiger partial charge on any atom is 0.235 e. The molecule has 88 valence electrons. The summed E-state index contributed by atoms with van der Waals surface area (Å²) in [5.74, 6) is 2.79. The molecule has 0 fully saturated rings. The van der Waals surface area contributed by atoms with Gasteiger partial charge in [0, 0.05) is 11.6 Å². The van der Waals surface area contributed by atoms with Crippen LogP contribution in [0.3, 0.4) is 0 Å². The van der Waals surface area contributed by atoms with Gasteiger partial charge in [-0.05, 0) is 23.6 Å². The van der Waals surface area contributed by atoms with Crippen LogP contribution in [0, 0.1) is 12.0 Å². The van der Waals surface area contributed by atoms with Crippen LogP contribution in [0.4, 0.5) is 0 Å². The summed E-state index contributed by atoms with van der Waals surface area (Å²) in [7, 11) is 0. The number of nitrogens with one attached hydrogen (secondary N) is 1. The molecular weight excluding hydrogens is 222 g/mol. The van der Waals surface area contributed by atoms with Crippen molar-refractivity contribution < 1.29 is 4.79 Å². The molecule has 0 aliphatic heterocycles. The second-order valence-electron chi connectivity index (χ2n) is 3.83. The van der Waals surface area contributed by atoms with E-state index in [0.29, 0.717) is 6.42 Å². The Labute approximate surface area is 107 Å². The van der Waals surface area contributed by atoms with Crippen LogP contribution in [-0.2, 0) is 11.2 Å². The van der Waals surface area contributed by atoms with Gasteiger partial charge >= 0.3 is 0 Å². The molecule has 1 N–H and O–H groups in total. The highest BCUT2D eigenvalue weighted by Crippen LogP contribution is 1.99. The number of hydrogen-bond acceptors (Lipinski definition) is 1. The summed E-state index contributed by atoms with van der Waals surface area (Å²) in [4.78, 5) is 11.6. The average Bonchev–Trinajstić information content (AvgIpc) is 2.41. The van der Waals surface area contributed by atoms with Crippen molar-refractivity contribution in [1.82, 2.24) is 5.32 Å². The third-order valence-electron chi connectivity index (χ3n) is 2.39. The molecule has 0 atom stereocenters. The molecule has 2 nitrogen and oxygen atoms in total. The minimum absolute atomic E-state index is 0.0929. The molecule has 2 aromatic carbocycles. The van der Waals surface area contributed by atoms with E-state index in [0.717, 1.165) is 11.1 Å². The molecule has 18 heavy (non-hydrogen) atoms. The summed E-state index contributed by atoms with van der Waals surface area (Å²) >= 11 is 0. The molecule has 0 heterocycles. The molecule has 0 unspecified atom stereocenters. The van der Waals surface area contributed by atoms with E-state index in [1.54, 1.807) is 0 Å². The Hall–Kier alpha value is -2.53. The Kier molecular flexibility index (Phi) is 4.16. The summed E-state index contributed by atoms with van der Waals surface area (Å²) in [6.07, 6.45) is 0.351. The lowest BCUT2D eigenvalue weighted by atomic mass is 10.1. The lowest BCUT2D eigenvalue weighted by Gasteiger charge is -1.98. The minimum Gasteiger partial charge on any atom is -0.285 e. The van der Waals surface area contributed by atoms with Gasteiger partial charge in [0.25, 0.3) is 0 Å². The number of amides is 1. The molecule has 0 spiro atoms. The van der Waals surface area contributed by atoms with Crippen molar-refractivity contribution in [2.45, 2.75) is 6.42 Å². The highest BCUT2D eigenvalue weighted by Gasteiger charge is 1.99.